The lowest BCUT2D eigenvalue weighted by molar-refractivity contribution is 0.00920. The number of nitrogens with zero attached hydrogens (tertiary/aromatic N) is 8. The molecule has 0 N–H and O–H groups in total. The van der Waals surface area contributed by atoms with Crippen LogP contribution in [0.15, 0.2) is 48.0 Å². The van der Waals surface area contributed by atoms with Gasteiger partial charge in [-0.1, -0.05) is 12.1 Å². The number of anilines is 1. The average Bonchev–Trinajstić information content (AvgIpc) is 3.45. The van der Waals surface area contributed by atoms with Gasteiger partial charge in [0.25, 0.3) is 0 Å². The Morgan fingerprint density at radius 2 is 2.11 bits per heavy atom. The zero-order chi connectivity index (χ0) is 18.0. The van der Waals surface area contributed by atoms with E-state index in [0.717, 1.165) is 48.0 Å². The topological polar surface area (TPSA) is 76.6 Å². The Morgan fingerprint density at radius 3 is 3.00 bits per heavy atom. The Balaban J connectivity index is 1.49. The molecule has 1 fully saturated rings. The third kappa shape index (κ3) is 1.91. The first kappa shape index (κ1) is 14.9. The van der Waals surface area contributed by atoms with Gasteiger partial charge in [0, 0.05) is 12.2 Å². The lowest BCUT2D eigenvalue weighted by Gasteiger charge is -2.36. The number of imidazole rings is 1. The quantitative estimate of drug-likeness (QED) is 0.689. The summed E-state index contributed by atoms with van der Waals surface area (Å²) in [6.07, 6.45) is 7.44. The SMILES string of the molecule is CC1(c2cnnn2N2CN=C3c4ccccc4-n4cncc4N32)CCCO1. The van der Waals surface area contributed by atoms with Gasteiger partial charge in [0.05, 0.1) is 18.1 Å². The number of rotatable bonds is 2. The summed E-state index contributed by atoms with van der Waals surface area (Å²) in [6.45, 7) is 3.30. The van der Waals surface area contributed by atoms with Crippen molar-refractivity contribution in [2.75, 3.05) is 23.4 Å². The van der Waals surface area contributed by atoms with E-state index in [0.29, 0.717) is 6.67 Å². The molecule has 5 heterocycles. The van der Waals surface area contributed by atoms with Crippen molar-refractivity contribution < 1.29 is 4.74 Å². The van der Waals surface area contributed by atoms with Gasteiger partial charge in [0.1, 0.15) is 17.6 Å². The van der Waals surface area contributed by atoms with Crippen LogP contribution in [-0.4, -0.2) is 43.8 Å². The molecule has 0 saturated carbocycles. The van der Waals surface area contributed by atoms with Gasteiger partial charge in [0.2, 0.25) is 0 Å². The van der Waals surface area contributed by atoms with Crippen LogP contribution < -0.4 is 10.1 Å². The van der Waals surface area contributed by atoms with Gasteiger partial charge in [-0.05, 0) is 37.1 Å². The second kappa shape index (κ2) is 5.17. The third-order valence-corrected chi connectivity index (χ3v) is 5.53. The van der Waals surface area contributed by atoms with E-state index >= 15 is 0 Å². The summed E-state index contributed by atoms with van der Waals surface area (Å²) >= 11 is 0. The van der Waals surface area contributed by atoms with E-state index in [2.05, 4.69) is 38.9 Å². The van der Waals surface area contributed by atoms with Gasteiger partial charge in [-0.25, -0.2) is 9.98 Å². The standard InChI is InChI=1S/C18H18N8O/c1-18(7-4-8-27-18)15-9-21-22-26(15)24-12-20-17-13-5-2-3-6-14(13)23-11-19-10-16(23)25(17)24/h2-3,5-6,9-11H,4,7-8,12H2,1H3. The summed E-state index contributed by atoms with van der Waals surface area (Å²) in [6, 6.07) is 8.21. The van der Waals surface area contributed by atoms with Gasteiger partial charge >= 0.3 is 0 Å². The summed E-state index contributed by atoms with van der Waals surface area (Å²) in [5.41, 5.74) is 2.68. The largest absolute Gasteiger partial charge is 0.369 e. The molecule has 1 aromatic carbocycles. The highest BCUT2D eigenvalue weighted by Gasteiger charge is 2.41. The van der Waals surface area contributed by atoms with Crippen molar-refractivity contribution in [1.29, 1.82) is 0 Å². The number of hydrogen-bond acceptors (Lipinski definition) is 7. The van der Waals surface area contributed by atoms with Gasteiger partial charge in [-0.15, -0.1) is 9.89 Å². The van der Waals surface area contributed by atoms with E-state index in [-0.39, 0.29) is 5.60 Å². The molecule has 6 rings (SSSR count). The molecule has 0 amide bonds. The first-order chi connectivity index (χ1) is 13.3. The number of fused-ring (bicyclic) bond motifs is 6. The highest BCUT2D eigenvalue weighted by atomic mass is 16.5. The fourth-order valence-corrected chi connectivity index (χ4v) is 4.17. The molecule has 1 saturated heterocycles. The van der Waals surface area contributed by atoms with Crippen molar-refractivity contribution in [1.82, 2.24) is 24.7 Å². The number of hydrogen-bond donors (Lipinski definition) is 0. The van der Waals surface area contributed by atoms with Crippen molar-refractivity contribution in [2.24, 2.45) is 4.99 Å². The van der Waals surface area contributed by atoms with Crippen LogP contribution in [0.2, 0.25) is 0 Å². The molecule has 0 radical (unpaired) electrons. The zero-order valence-electron chi connectivity index (χ0n) is 14.9. The molecule has 1 atom stereocenters. The van der Waals surface area contributed by atoms with Crippen molar-refractivity contribution in [3.8, 4) is 5.69 Å². The number of benzene rings is 1. The van der Waals surface area contributed by atoms with E-state index in [1.54, 1.807) is 6.20 Å². The number of amidine groups is 1. The van der Waals surface area contributed by atoms with Crippen LogP contribution >= 0.6 is 0 Å². The Kier molecular flexibility index (Phi) is 2.85. The molecule has 27 heavy (non-hydrogen) atoms. The summed E-state index contributed by atoms with van der Waals surface area (Å²) in [5.74, 6) is 1.81. The van der Waals surface area contributed by atoms with Crippen LogP contribution in [0, 0.1) is 0 Å². The molecule has 9 nitrogen and oxygen atoms in total. The van der Waals surface area contributed by atoms with E-state index < -0.39 is 0 Å². The molecule has 2 aromatic heterocycles. The second-order valence-corrected chi connectivity index (χ2v) is 7.14. The first-order valence-electron chi connectivity index (χ1n) is 9.06. The molecular formula is C18H18N8O. The number of para-hydroxylation sites is 1. The minimum atomic E-state index is -0.389. The van der Waals surface area contributed by atoms with E-state index in [9.17, 15) is 0 Å². The van der Waals surface area contributed by atoms with Crippen LogP contribution in [-0.2, 0) is 10.3 Å². The Hall–Kier alpha value is -3.20. The van der Waals surface area contributed by atoms with Crippen LogP contribution in [0.1, 0.15) is 31.0 Å². The van der Waals surface area contributed by atoms with Crippen molar-refractivity contribution in [3.05, 3.63) is 54.2 Å². The minimum Gasteiger partial charge on any atom is -0.369 e. The molecule has 0 spiro atoms. The zero-order valence-corrected chi connectivity index (χ0v) is 14.9. The van der Waals surface area contributed by atoms with E-state index in [1.165, 1.54) is 0 Å². The normalized spacial score (nSPS) is 23.2. The molecular weight excluding hydrogens is 344 g/mol. The molecule has 3 aromatic rings. The maximum atomic E-state index is 6.03. The summed E-state index contributed by atoms with van der Waals surface area (Å²) < 4.78 is 8.10. The summed E-state index contributed by atoms with van der Waals surface area (Å²) in [5, 5.41) is 12.6. The number of hydrazine groups is 1. The van der Waals surface area contributed by atoms with Crippen molar-refractivity contribution in [3.63, 3.8) is 0 Å². The predicted octanol–water partition coefficient (Wildman–Crippen LogP) is 1.58. The molecule has 1 unspecified atom stereocenters. The second-order valence-electron chi connectivity index (χ2n) is 7.14. The lowest BCUT2D eigenvalue weighted by atomic mass is 9.99. The average molecular weight is 362 g/mol. The third-order valence-electron chi connectivity index (χ3n) is 5.53. The van der Waals surface area contributed by atoms with Crippen molar-refractivity contribution in [2.45, 2.75) is 25.4 Å². The van der Waals surface area contributed by atoms with Gasteiger partial charge in [0.15, 0.2) is 18.3 Å². The van der Waals surface area contributed by atoms with Gasteiger partial charge < -0.3 is 4.74 Å². The number of ether oxygens (including phenoxy) is 1. The van der Waals surface area contributed by atoms with Crippen molar-refractivity contribution >= 4 is 11.7 Å². The number of aliphatic imine (C=N–C) groups is 1. The van der Waals surface area contributed by atoms with E-state index in [1.807, 2.05) is 39.6 Å². The predicted molar refractivity (Wildman–Crippen MR) is 98.2 cm³/mol. The fourth-order valence-electron chi connectivity index (χ4n) is 4.17. The van der Waals surface area contributed by atoms with Crippen LogP contribution in [0.3, 0.4) is 0 Å². The Labute approximate surface area is 155 Å². The van der Waals surface area contributed by atoms with Crippen LogP contribution in [0.25, 0.3) is 5.69 Å². The molecule has 0 aliphatic carbocycles. The molecule has 3 aliphatic heterocycles. The molecule has 136 valence electrons. The monoisotopic (exact) mass is 362 g/mol. The van der Waals surface area contributed by atoms with Gasteiger partial charge in [-0.3, -0.25) is 4.57 Å². The highest BCUT2D eigenvalue weighted by Crippen LogP contribution is 2.37. The fraction of sp³-hybridized carbons (Fsp3) is 0.333. The first-order valence-corrected chi connectivity index (χ1v) is 9.06. The van der Waals surface area contributed by atoms with Crippen LogP contribution in [0.5, 0.6) is 0 Å². The van der Waals surface area contributed by atoms with E-state index in [4.69, 9.17) is 9.73 Å². The Morgan fingerprint density at radius 1 is 1.19 bits per heavy atom. The summed E-state index contributed by atoms with van der Waals surface area (Å²) in [7, 11) is 0. The molecule has 3 aliphatic rings. The lowest BCUT2D eigenvalue weighted by Crippen LogP contribution is -2.53. The molecule has 0 bridgehead atoms. The highest BCUT2D eigenvalue weighted by molar-refractivity contribution is 6.15. The van der Waals surface area contributed by atoms with Gasteiger partial charge in [-0.2, -0.15) is 10.1 Å². The minimum absolute atomic E-state index is 0.389. The van der Waals surface area contributed by atoms with Crippen LogP contribution in [0.4, 0.5) is 5.82 Å². The maximum absolute atomic E-state index is 6.03. The number of aromatic nitrogens is 5. The summed E-state index contributed by atoms with van der Waals surface area (Å²) in [4.78, 5) is 11.0. The maximum Gasteiger partial charge on any atom is 0.162 e. The molecule has 9 heteroatoms. The smallest absolute Gasteiger partial charge is 0.162 e. The Bertz CT molecular complexity index is 1060.